The maximum absolute atomic E-state index is 13.5. The minimum atomic E-state index is -1.64. The number of carboxylic acids is 1. The number of oxime groups is 1. The molecule has 0 saturated carbocycles. The van der Waals surface area contributed by atoms with Gasteiger partial charge in [-0.15, -0.1) is 17.9 Å². The lowest BCUT2D eigenvalue weighted by molar-refractivity contribution is -0.143. The van der Waals surface area contributed by atoms with Gasteiger partial charge in [0.15, 0.2) is 5.84 Å². The second-order valence-electron chi connectivity index (χ2n) is 11.4. The number of aromatic nitrogens is 3. The molecule has 4 heterocycles. The fraction of sp³-hybridized carbons (Fsp3) is 0.500. The van der Waals surface area contributed by atoms with E-state index in [2.05, 4.69) is 37.8 Å². The number of aryl methyl sites for hydroxylation is 1. The highest BCUT2D eigenvalue weighted by Crippen LogP contribution is 2.44. The number of hydroxylamine groups is 2. The van der Waals surface area contributed by atoms with Gasteiger partial charge in [-0.25, -0.2) is 24.2 Å². The molecule has 1 saturated heterocycles. The molecule has 0 aromatic carbocycles. The highest BCUT2D eigenvalue weighted by atomic mass is 32.1. The summed E-state index contributed by atoms with van der Waals surface area (Å²) >= 11 is 1.23. The van der Waals surface area contributed by atoms with E-state index in [9.17, 15) is 24.3 Å². The Balaban J connectivity index is 1.62. The largest absolute Gasteiger partial charge is 0.480 e. The third-order valence-electron chi connectivity index (χ3n) is 6.40. The molecule has 44 heavy (non-hydrogen) atoms. The van der Waals surface area contributed by atoms with Crippen LogP contribution in [0.2, 0.25) is 0 Å². The van der Waals surface area contributed by atoms with Crippen LogP contribution in [0.4, 0.5) is 20.2 Å². The van der Waals surface area contributed by atoms with Crippen molar-refractivity contribution in [2.75, 3.05) is 18.5 Å². The average Bonchev–Trinajstić information content (AvgIpc) is 3.60. The zero-order chi connectivity index (χ0) is 32.4. The Bertz CT molecular complexity index is 1480. The molecule has 2 atom stereocenters. The Kier molecular flexibility index (Phi) is 9.14. The Morgan fingerprint density at radius 2 is 1.98 bits per heavy atom. The van der Waals surface area contributed by atoms with Crippen LogP contribution in [0.1, 0.15) is 63.0 Å². The van der Waals surface area contributed by atoms with Crippen molar-refractivity contribution in [3.05, 3.63) is 40.5 Å². The van der Waals surface area contributed by atoms with Crippen molar-refractivity contribution in [2.45, 2.75) is 64.4 Å². The molecule has 238 valence electrons. The summed E-state index contributed by atoms with van der Waals surface area (Å²) in [7, 11) is 1.70. The zero-order valence-corrected chi connectivity index (χ0v) is 25.9. The fourth-order valence-corrected chi connectivity index (χ4v) is 5.09. The van der Waals surface area contributed by atoms with Gasteiger partial charge in [-0.1, -0.05) is 11.2 Å². The lowest BCUT2D eigenvalue weighted by atomic mass is 9.97. The second-order valence-corrected chi connectivity index (χ2v) is 12.3. The van der Waals surface area contributed by atoms with Gasteiger partial charge in [0.1, 0.15) is 34.0 Å². The van der Waals surface area contributed by atoms with Crippen LogP contribution < -0.4 is 16.0 Å². The van der Waals surface area contributed by atoms with Gasteiger partial charge in [0.25, 0.3) is 0 Å². The number of nitrogens with one attached hydrogen (secondary N) is 3. The van der Waals surface area contributed by atoms with Gasteiger partial charge in [-0.05, 0) is 34.6 Å². The first-order valence-corrected chi connectivity index (χ1v) is 14.3. The number of anilines is 1. The van der Waals surface area contributed by atoms with Crippen molar-refractivity contribution in [3.8, 4) is 0 Å². The monoisotopic (exact) mass is 633 g/mol. The number of fused-ring (bicyclic) bond motifs is 4. The first-order chi connectivity index (χ1) is 20.6. The Hall–Kier alpha value is -4.71. The third-order valence-corrected chi connectivity index (χ3v) is 7.25. The van der Waals surface area contributed by atoms with Crippen LogP contribution in [0.25, 0.3) is 0 Å². The van der Waals surface area contributed by atoms with Crippen LogP contribution in [-0.4, -0.2) is 84.1 Å². The summed E-state index contributed by atoms with van der Waals surface area (Å²) in [5.41, 5.74) is -1.04. The molecule has 4 rings (SSSR count). The Morgan fingerprint density at radius 1 is 1.25 bits per heavy atom. The number of carbonyl (C=O) groups excluding carboxylic acids is 3. The van der Waals surface area contributed by atoms with Gasteiger partial charge in [0.2, 0.25) is 0 Å². The Labute approximate surface area is 256 Å². The molecule has 0 spiro atoms. The van der Waals surface area contributed by atoms with Gasteiger partial charge in [0, 0.05) is 18.0 Å². The van der Waals surface area contributed by atoms with Gasteiger partial charge in [-0.2, -0.15) is 10.2 Å². The van der Waals surface area contributed by atoms with Crippen molar-refractivity contribution in [2.24, 2.45) is 12.2 Å². The minimum absolute atomic E-state index is 0.0346. The van der Waals surface area contributed by atoms with Crippen molar-refractivity contribution in [3.63, 3.8) is 0 Å². The number of carbonyl (C=O) groups is 4. The van der Waals surface area contributed by atoms with Gasteiger partial charge >= 0.3 is 24.2 Å². The molecule has 1 fully saturated rings. The van der Waals surface area contributed by atoms with E-state index in [-0.39, 0.29) is 31.3 Å². The lowest BCUT2D eigenvalue weighted by Crippen LogP contribution is -2.50. The topological polar surface area (TPSA) is 202 Å². The molecule has 2 aliphatic heterocycles. The number of amides is 4. The molecule has 4 N–H and O–H groups in total. The maximum Gasteiger partial charge on any atom is 0.434 e. The van der Waals surface area contributed by atoms with E-state index in [4.69, 9.17) is 14.4 Å². The molecule has 2 aromatic rings. The van der Waals surface area contributed by atoms with Crippen molar-refractivity contribution in [1.29, 1.82) is 0 Å². The summed E-state index contributed by atoms with van der Waals surface area (Å²) < 4.78 is 6.85. The SMILES string of the molecule is C=CCON1C(=O)N2C[C@H]1c1cnn(C)c1[C@H]2/C(=N/OC(=O)NC(C)(C)C(=O)O)NCc1nc(NC(=O)OC(C)(C)C)cs1. The number of carboxylic acid groups (broad SMARTS) is 1. The first kappa shape index (κ1) is 32.2. The van der Waals surface area contributed by atoms with E-state index < -0.39 is 47.4 Å². The predicted octanol–water partition coefficient (Wildman–Crippen LogP) is 2.87. The van der Waals surface area contributed by atoms with E-state index in [0.717, 1.165) is 0 Å². The van der Waals surface area contributed by atoms with E-state index in [1.54, 1.807) is 44.1 Å². The van der Waals surface area contributed by atoms with Crippen LogP contribution in [0.3, 0.4) is 0 Å². The normalized spacial score (nSPS) is 18.0. The van der Waals surface area contributed by atoms with E-state index in [0.29, 0.717) is 16.3 Å². The van der Waals surface area contributed by atoms with Crippen LogP contribution in [0.15, 0.2) is 29.4 Å². The summed E-state index contributed by atoms with van der Waals surface area (Å²) in [6.07, 6.45) is 1.36. The first-order valence-electron chi connectivity index (χ1n) is 13.5. The summed E-state index contributed by atoms with van der Waals surface area (Å²) in [4.78, 5) is 66.3. The van der Waals surface area contributed by atoms with Crippen LogP contribution in [0, 0.1) is 0 Å². The summed E-state index contributed by atoms with van der Waals surface area (Å²) in [5, 5.41) is 29.1. The van der Waals surface area contributed by atoms with Crippen molar-refractivity contribution in [1.82, 2.24) is 35.4 Å². The molecule has 17 nitrogen and oxygen atoms in total. The summed E-state index contributed by atoms with van der Waals surface area (Å²) in [6.45, 7) is 11.8. The highest BCUT2D eigenvalue weighted by molar-refractivity contribution is 7.10. The van der Waals surface area contributed by atoms with E-state index >= 15 is 0 Å². The summed E-state index contributed by atoms with van der Waals surface area (Å²) in [5.74, 6) is -0.978. The molecule has 4 amide bonds. The smallest absolute Gasteiger partial charge is 0.434 e. The van der Waals surface area contributed by atoms with Gasteiger partial charge < -0.3 is 25.4 Å². The number of hydrogen-bond donors (Lipinski definition) is 4. The Morgan fingerprint density at radius 3 is 2.64 bits per heavy atom. The van der Waals surface area contributed by atoms with Gasteiger partial charge in [-0.3, -0.25) is 19.7 Å². The number of urea groups is 1. The highest BCUT2D eigenvalue weighted by Gasteiger charge is 2.52. The molecular formula is C26H35N9O8S. The molecule has 18 heteroatoms. The number of thiazole rings is 1. The van der Waals surface area contributed by atoms with Crippen LogP contribution in [0.5, 0.6) is 0 Å². The second kappa shape index (κ2) is 12.5. The number of aliphatic carboxylic acids is 1. The van der Waals surface area contributed by atoms with Crippen LogP contribution >= 0.6 is 11.3 Å². The standard InChI is InChI=1S/C26H35N9O8S/c1-8-9-41-35-15-12-34(24(35)40)19(18-14(15)10-28-33(18)7)20(32-43-23(39)31-26(5,6)21(36)37)27-11-17-29-16(13-44-17)30-22(38)42-25(2,3)4/h8,10,13,15,19H,1,9,11-12H2,2-7H3,(H,27,32)(H,30,38)(H,31,39)(H,36,37)/t15-,19-/m0/s1. The van der Waals surface area contributed by atoms with Crippen molar-refractivity contribution < 1.29 is 38.7 Å². The number of amidine groups is 1. The third kappa shape index (κ3) is 7.08. The quantitative estimate of drug-likeness (QED) is 0.0985. The van der Waals surface area contributed by atoms with Crippen molar-refractivity contribution >= 4 is 47.2 Å². The number of ether oxygens (including phenoxy) is 1. The lowest BCUT2D eigenvalue weighted by Gasteiger charge is -2.31. The maximum atomic E-state index is 13.5. The van der Waals surface area contributed by atoms with Gasteiger partial charge in [0.05, 0.1) is 31.6 Å². The van der Waals surface area contributed by atoms with E-state index in [1.807, 2.05) is 0 Å². The average molecular weight is 634 g/mol. The predicted molar refractivity (Wildman–Crippen MR) is 156 cm³/mol. The minimum Gasteiger partial charge on any atom is -0.480 e. The van der Waals surface area contributed by atoms with E-state index in [1.165, 1.54) is 41.2 Å². The number of hydrogen-bond acceptors (Lipinski definition) is 11. The number of rotatable bonds is 10. The molecular weight excluding hydrogens is 598 g/mol. The molecule has 0 unspecified atom stereocenters. The molecule has 0 aliphatic carbocycles. The zero-order valence-electron chi connectivity index (χ0n) is 25.1. The molecule has 2 aromatic heterocycles. The van der Waals surface area contributed by atoms with Crippen LogP contribution in [-0.2, 0) is 32.8 Å². The molecule has 2 aliphatic rings. The molecule has 0 radical (unpaired) electrons. The summed E-state index contributed by atoms with van der Waals surface area (Å²) in [6, 6.07) is -1.81. The molecule has 2 bridgehead atoms. The number of nitrogens with zero attached hydrogens (tertiary/aromatic N) is 6. The fourth-order valence-electron chi connectivity index (χ4n) is 4.42.